The number of hydrogen-bond donors (Lipinski definition) is 1. The summed E-state index contributed by atoms with van der Waals surface area (Å²) in [4.78, 5) is 2.39. The zero-order chi connectivity index (χ0) is 12.3. The zero-order valence-electron chi connectivity index (χ0n) is 10.5. The van der Waals surface area contributed by atoms with E-state index in [-0.39, 0.29) is 0 Å². The fourth-order valence-electron chi connectivity index (χ4n) is 2.69. The predicted octanol–water partition coefficient (Wildman–Crippen LogP) is 4.03. The molecule has 2 N–H and O–H groups in total. The molecule has 1 aliphatic carbocycles. The second-order valence-electron chi connectivity index (χ2n) is 4.96. The Hall–Kier alpha value is -0.450. The Morgan fingerprint density at radius 1 is 1.18 bits per heavy atom. The summed E-state index contributed by atoms with van der Waals surface area (Å²) in [6.07, 6.45) is 8.13. The van der Waals surface area contributed by atoms with Crippen LogP contribution in [0.3, 0.4) is 0 Å². The SMILES string of the molecule is CN(c1ccc(I)cc1N)C1CCCCCC1. The Labute approximate surface area is 118 Å². The maximum atomic E-state index is 6.12. The summed E-state index contributed by atoms with van der Waals surface area (Å²) in [6.45, 7) is 0. The molecule has 3 heteroatoms. The standard InChI is InChI=1S/C14H21IN2/c1-17(12-6-4-2-3-5-7-12)14-9-8-11(15)10-13(14)16/h8-10,12H,2-7,16H2,1H3. The number of benzene rings is 1. The van der Waals surface area contributed by atoms with Crippen molar-refractivity contribution in [3.8, 4) is 0 Å². The summed E-state index contributed by atoms with van der Waals surface area (Å²) in [7, 11) is 2.19. The van der Waals surface area contributed by atoms with E-state index in [1.807, 2.05) is 0 Å². The molecule has 1 saturated carbocycles. The van der Waals surface area contributed by atoms with E-state index in [1.54, 1.807) is 0 Å². The third-order valence-electron chi connectivity index (χ3n) is 3.74. The average Bonchev–Trinajstić information content (AvgIpc) is 2.56. The van der Waals surface area contributed by atoms with Crippen LogP contribution in [0.4, 0.5) is 11.4 Å². The van der Waals surface area contributed by atoms with Crippen molar-refractivity contribution in [2.24, 2.45) is 0 Å². The lowest BCUT2D eigenvalue weighted by molar-refractivity contribution is 0.553. The molecule has 0 unspecified atom stereocenters. The van der Waals surface area contributed by atoms with E-state index >= 15 is 0 Å². The summed E-state index contributed by atoms with van der Waals surface area (Å²) >= 11 is 2.31. The molecule has 0 heterocycles. The number of halogens is 1. The molecule has 0 radical (unpaired) electrons. The van der Waals surface area contributed by atoms with Crippen LogP contribution in [0.2, 0.25) is 0 Å². The maximum Gasteiger partial charge on any atom is 0.0600 e. The Morgan fingerprint density at radius 3 is 2.41 bits per heavy atom. The Kier molecular flexibility index (Phi) is 4.54. The zero-order valence-corrected chi connectivity index (χ0v) is 12.6. The number of rotatable bonds is 2. The van der Waals surface area contributed by atoms with Gasteiger partial charge < -0.3 is 10.6 Å². The molecule has 17 heavy (non-hydrogen) atoms. The molecule has 1 fully saturated rings. The summed E-state index contributed by atoms with van der Waals surface area (Å²) in [5.74, 6) is 0. The molecule has 0 atom stereocenters. The highest BCUT2D eigenvalue weighted by molar-refractivity contribution is 14.1. The van der Waals surface area contributed by atoms with E-state index in [4.69, 9.17) is 5.73 Å². The van der Waals surface area contributed by atoms with E-state index < -0.39 is 0 Å². The van der Waals surface area contributed by atoms with E-state index in [9.17, 15) is 0 Å². The molecule has 0 aliphatic heterocycles. The van der Waals surface area contributed by atoms with Gasteiger partial charge in [-0.2, -0.15) is 0 Å². The van der Waals surface area contributed by atoms with Crippen molar-refractivity contribution >= 4 is 34.0 Å². The van der Waals surface area contributed by atoms with Crippen LogP contribution in [0.15, 0.2) is 18.2 Å². The lowest BCUT2D eigenvalue weighted by Gasteiger charge is -2.30. The highest BCUT2D eigenvalue weighted by Gasteiger charge is 2.18. The smallest absolute Gasteiger partial charge is 0.0600 e. The first-order valence-electron chi connectivity index (χ1n) is 6.46. The molecule has 94 valence electrons. The largest absolute Gasteiger partial charge is 0.397 e. The lowest BCUT2D eigenvalue weighted by Crippen LogP contribution is -2.31. The van der Waals surface area contributed by atoms with Gasteiger partial charge in [0.05, 0.1) is 11.4 Å². The van der Waals surface area contributed by atoms with Crippen molar-refractivity contribution in [1.82, 2.24) is 0 Å². The van der Waals surface area contributed by atoms with Crippen molar-refractivity contribution in [3.63, 3.8) is 0 Å². The molecule has 0 spiro atoms. The Bertz CT molecular complexity index is 370. The van der Waals surface area contributed by atoms with Crippen LogP contribution < -0.4 is 10.6 Å². The molecule has 0 aromatic heterocycles. The molecule has 0 bridgehead atoms. The van der Waals surface area contributed by atoms with Crippen molar-refractivity contribution in [1.29, 1.82) is 0 Å². The fraction of sp³-hybridized carbons (Fsp3) is 0.571. The van der Waals surface area contributed by atoms with Crippen LogP contribution in [0.5, 0.6) is 0 Å². The van der Waals surface area contributed by atoms with Gasteiger partial charge >= 0.3 is 0 Å². The van der Waals surface area contributed by atoms with Crippen LogP contribution >= 0.6 is 22.6 Å². The first kappa shape index (κ1) is 13.0. The van der Waals surface area contributed by atoms with E-state index in [1.165, 1.54) is 47.8 Å². The van der Waals surface area contributed by atoms with Crippen LogP contribution in [-0.2, 0) is 0 Å². The molecular formula is C14H21IN2. The van der Waals surface area contributed by atoms with Gasteiger partial charge in [-0.15, -0.1) is 0 Å². The Balaban J connectivity index is 2.14. The minimum atomic E-state index is 0.667. The van der Waals surface area contributed by atoms with Gasteiger partial charge in [-0.05, 0) is 53.6 Å². The summed E-state index contributed by atoms with van der Waals surface area (Å²) in [5.41, 5.74) is 8.22. The number of nitrogens with two attached hydrogens (primary N) is 1. The number of anilines is 2. The molecule has 1 aromatic carbocycles. The quantitative estimate of drug-likeness (QED) is 0.499. The number of nitrogens with zero attached hydrogens (tertiary/aromatic N) is 1. The summed E-state index contributed by atoms with van der Waals surface area (Å²) in [5, 5.41) is 0. The first-order chi connectivity index (χ1) is 8.18. The van der Waals surface area contributed by atoms with Gasteiger partial charge in [-0.3, -0.25) is 0 Å². The van der Waals surface area contributed by atoms with Gasteiger partial charge in [0.1, 0.15) is 0 Å². The second kappa shape index (κ2) is 5.94. The van der Waals surface area contributed by atoms with Crippen LogP contribution in [0.1, 0.15) is 38.5 Å². The van der Waals surface area contributed by atoms with Crippen LogP contribution in [-0.4, -0.2) is 13.1 Å². The van der Waals surface area contributed by atoms with Crippen molar-refractivity contribution in [3.05, 3.63) is 21.8 Å². The van der Waals surface area contributed by atoms with Crippen molar-refractivity contribution in [2.45, 2.75) is 44.6 Å². The minimum Gasteiger partial charge on any atom is -0.397 e. The van der Waals surface area contributed by atoms with E-state index in [0.717, 1.165) is 5.69 Å². The van der Waals surface area contributed by atoms with Crippen molar-refractivity contribution in [2.75, 3.05) is 17.7 Å². The van der Waals surface area contributed by atoms with Gasteiger partial charge in [0.2, 0.25) is 0 Å². The highest BCUT2D eigenvalue weighted by Crippen LogP contribution is 2.30. The molecule has 1 aromatic rings. The molecule has 2 nitrogen and oxygen atoms in total. The summed E-state index contributed by atoms with van der Waals surface area (Å²) < 4.78 is 1.21. The minimum absolute atomic E-state index is 0.667. The van der Waals surface area contributed by atoms with Crippen LogP contribution in [0, 0.1) is 3.57 Å². The fourth-order valence-corrected chi connectivity index (χ4v) is 3.20. The van der Waals surface area contributed by atoms with Crippen molar-refractivity contribution < 1.29 is 0 Å². The van der Waals surface area contributed by atoms with Gasteiger partial charge in [0.25, 0.3) is 0 Å². The van der Waals surface area contributed by atoms with E-state index in [0.29, 0.717) is 6.04 Å². The number of hydrogen-bond acceptors (Lipinski definition) is 2. The third kappa shape index (κ3) is 3.27. The van der Waals surface area contributed by atoms with E-state index in [2.05, 4.69) is 52.7 Å². The van der Waals surface area contributed by atoms with Gasteiger partial charge in [-0.1, -0.05) is 25.7 Å². The molecule has 0 amide bonds. The third-order valence-corrected chi connectivity index (χ3v) is 4.41. The maximum absolute atomic E-state index is 6.12. The normalized spacial score (nSPS) is 17.8. The lowest BCUT2D eigenvalue weighted by atomic mass is 10.1. The first-order valence-corrected chi connectivity index (χ1v) is 7.54. The molecule has 1 aliphatic rings. The highest BCUT2D eigenvalue weighted by atomic mass is 127. The topological polar surface area (TPSA) is 29.3 Å². The van der Waals surface area contributed by atoms with Gasteiger partial charge in [0, 0.05) is 16.7 Å². The van der Waals surface area contributed by atoms with Gasteiger partial charge in [-0.25, -0.2) is 0 Å². The molecule has 0 saturated heterocycles. The molecular weight excluding hydrogens is 323 g/mol. The number of nitrogen functional groups attached to an aromatic ring is 1. The monoisotopic (exact) mass is 344 g/mol. The average molecular weight is 344 g/mol. The van der Waals surface area contributed by atoms with Gasteiger partial charge in [0.15, 0.2) is 0 Å². The Morgan fingerprint density at radius 2 is 1.82 bits per heavy atom. The van der Waals surface area contributed by atoms with Crippen LogP contribution in [0.25, 0.3) is 0 Å². The predicted molar refractivity (Wildman–Crippen MR) is 83.5 cm³/mol. The summed E-state index contributed by atoms with van der Waals surface area (Å²) in [6, 6.07) is 7.02. The molecule has 2 rings (SSSR count). The second-order valence-corrected chi connectivity index (χ2v) is 6.21.